The molecular weight excluding hydrogens is 1130 g/mol. The highest BCUT2D eigenvalue weighted by Gasteiger charge is 2.44. The number of allylic oxidation sites excluding steroid dienone is 19. The van der Waals surface area contributed by atoms with E-state index in [0.29, 0.717) is 6.42 Å². The second-order valence-electron chi connectivity index (χ2n) is 26.1. The summed E-state index contributed by atoms with van der Waals surface area (Å²) >= 11 is 0. The third-order valence-corrected chi connectivity index (χ3v) is 17.5. The summed E-state index contributed by atoms with van der Waals surface area (Å²) in [6.45, 7) is 3.68. The van der Waals surface area contributed by atoms with Crippen LogP contribution in [-0.4, -0.2) is 87.5 Å². The van der Waals surface area contributed by atoms with Gasteiger partial charge in [0.15, 0.2) is 6.29 Å². The van der Waals surface area contributed by atoms with E-state index >= 15 is 0 Å². The second-order valence-corrected chi connectivity index (χ2v) is 26.1. The molecule has 1 fully saturated rings. The van der Waals surface area contributed by atoms with E-state index in [1.54, 1.807) is 6.08 Å². The van der Waals surface area contributed by atoms with Gasteiger partial charge < -0.3 is 40.3 Å². The summed E-state index contributed by atoms with van der Waals surface area (Å²) in [5.74, 6) is -0.187. The number of ether oxygens (including phenoxy) is 2. The van der Waals surface area contributed by atoms with Crippen molar-refractivity contribution < 1.29 is 39.8 Å². The highest BCUT2D eigenvalue weighted by atomic mass is 16.7. The first kappa shape index (κ1) is 85.6. The molecule has 1 amide bonds. The van der Waals surface area contributed by atoms with Crippen LogP contribution >= 0.6 is 0 Å². The topological polar surface area (TPSA) is 149 Å². The van der Waals surface area contributed by atoms with Crippen molar-refractivity contribution in [3.8, 4) is 0 Å². The summed E-state index contributed by atoms with van der Waals surface area (Å²) in [5.41, 5.74) is 0. The molecule has 1 saturated heterocycles. The van der Waals surface area contributed by atoms with E-state index in [4.69, 9.17) is 9.47 Å². The molecule has 0 aromatic rings. The Morgan fingerprint density at radius 2 is 0.692 bits per heavy atom. The van der Waals surface area contributed by atoms with Crippen molar-refractivity contribution in [2.45, 2.75) is 378 Å². The van der Waals surface area contributed by atoms with Gasteiger partial charge >= 0.3 is 0 Å². The van der Waals surface area contributed by atoms with Crippen molar-refractivity contribution in [3.63, 3.8) is 0 Å². The summed E-state index contributed by atoms with van der Waals surface area (Å²) in [5, 5.41) is 54.8. The lowest BCUT2D eigenvalue weighted by molar-refractivity contribution is -0.302. The zero-order valence-electron chi connectivity index (χ0n) is 58.8. The standard InChI is InChI=1S/C82H143NO8/c1-3-5-7-9-11-13-15-17-19-21-23-25-27-29-31-33-34-35-36-37-38-39-40-41-42-44-46-48-50-52-54-56-58-60-62-64-66-68-70-72-78(86)83-75(74-90-82-81(89)80(88)79(87)77(73-84)91-82)76(85)71-69-67-65-63-61-59-57-55-53-51-49-47-45-43-32-30-28-26-24-22-20-18-16-14-12-10-8-6-4-2/h5,7,11,13,17,19,23,25,29,31,34-35,37-38,40-41,61,63,69,71,75-77,79-82,84-85,87-89H,3-4,6,8-10,12,14-16,18,20-22,24,26-28,30,32-33,36,39,42-60,62,64-68,70,72-74H2,1-2H3,(H,83,86)/b7-5-,13-11-,19-17-,25-23-,31-29-,35-34-,38-37-,41-40-,63-61+,71-69+. The van der Waals surface area contributed by atoms with Gasteiger partial charge in [0.2, 0.25) is 5.91 Å². The van der Waals surface area contributed by atoms with Crippen LogP contribution in [0.4, 0.5) is 0 Å². The number of hydrogen-bond acceptors (Lipinski definition) is 8. The van der Waals surface area contributed by atoms with Crippen LogP contribution in [0.1, 0.15) is 335 Å². The SMILES string of the molecule is CC/C=C\C/C=C\C/C=C\C/C=C\C/C=C\C/C=C\C/C=C\C/C=C\CCCCCCCCCCCCCCCCC(=O)NC(COC1OC(CO)C(O)C(O)C1O)C(O)/C=C/CC/C=C/CCCCCCCCCCCCCCCCCCCCCCCCC. The maximum atomic E-state index is 13.2. The molecule has 1 aliphatic rings. The van der Waals surface area contributed by atoms with Crippen molar-refractivity contribution in [3.05, 3.63) is 122 Å². The Balaban J connectivity index is 2.12. The number of aliphatic hydroxyl groups excluding tert-OH is 5. The van der Waals surface area contributed by atoms with Gasteiger partial charge in [-0.15, -0.1) is 0 Å². The Hall–Kier alpha value is -3.41. The van der Waals surface area contributed by atoms with E-state index < -0.39 is 49.5 Å². The third kappa shape index (κ3) is 57.7. The van der Waals surface area contributed by atoms with Crippen molar-refractivity contribution >= 4 is 5.91 Å². The first-order valence-electron chi connectivity index (χ1n) is 38.3. The van der Waals surface area contributed by atoms with Crippen LogP contribution in [0.2, 0.25) is 0 Å². The number of rotatable bonds is 66. The maximum absolute atomic E-state index is 13.2. The predicted octanol–water partition coefficient (Wildman–Crippen LogP) is 21.8. The van der Waals surface area contributed by atoms with Gasteiger partial charge in [-0.25, -0.2) is 0 Å². The molecule has 9 nitrogen and oxygen atoms in total. The molecule has 91 heavy (non-hydrogen) atoms. The lowest BCUT2D eigenvalue weighted by Gasteiger charge is -2.40. The molecule has 7 atom stereocenters. The van der Waals surface area contributed by atoms with Crippen LogP contribution in [-0.2, 0) is 14.3 Å². The number of carbonyl (C=O) groups is 1. The van der Waals surface area contributed by atoms with Gasteiger partial charge in [-0.05, 0) is 96.3 Å². The minimum absolute atomic E-state index is 0.187. The van der Waals surface area contributed by atoms with Crippen LogP contribution < -0.4 is 5.32 Å². The van der Waals surface area contributed by atoms with E-state index in [-0.39, 0.29) is 12.5 Å². The van der Waals surface area contributed by atoms with Crippen molar-refractivity contribution in [1.82, 2.24) is 5.32 Å². The number of nitrogens with one attached hydrogen (secondary N) is 1. The zero-order valence-corrected chi connectivity index (χ0v) is 58.8. The maximum Gasteiger partial charge on any atom is 0.220 e. The second kappa shape index (κ2) is 69.4. The number of hydrogen-bond donors (Lipinski definition) is 6. The number of unbranched alkanes of at least 4 members (excludes halogenated alkanes) is 38. The van der Waals surface area contributed by atoms with Gasteiger partial charge in [-0.1, -0.05) is 354 Å². The molecule has 0 saturated carbocycles. The summed E-state index contributed by atoms with van der Waals surface area (Å²) in [4.78, 5) is 13.2. The molecule has 0 aromatic heterocycles. The molecule has 6 N–H and O–H groups in total. The van der Waals surface area contributed by atoms with Crippen LogP contribution in [0.15, 0.2) is 122 Å². The molecule has 0 spiro atoms. The molecule has 7 unspecified atom stereocenters. The van der Waals surface area contributed by atoms with E-state index in [1.165, 1.54) is 225 Å². The molecule has 9 heteroatoms. The van der Waals surface area contributed by atoms with E-state index in [0.717, 1.165) is 89.9 Å². The Bertz CT molecular complexity index is 1860. The van der Waals surface area contributed by atoms with Crippen LogP contribution in [0.25, 0.3) is 0 Å². The fourth-order valence-electron chi connectivity index (χ4n) is 11.6. The largest absolute Gasteiger partial charge is 0.394 e. The molecule has 1 aliphatic heterocycles. The quantitative estimate of drug-likeness (QED) is 0.0261. The molecular formula is C82H143NO8. The van der Waals surface area contributed by atoms with Crippen molar-refractivity contribution in [2.24, 2.45) is 0 Å². The number of aliphatic hydroxyl groups is 5. The van der Waals surface area contributed by atoms with Crippen LogP contribution in [0.3, 0.4) is 0 Å². The predicted molar refractivity (Wildman–Crippen MR) is 391 cm³/mol. The van der Waals surface area contributed by atoms with Crippen molar-refractivity contribution in [2.75, 3.05) is 13.2 Å². The molecule has 1 heterocycles. The normalized spacial score (nSPS) is 18.4. The third-order valence-electron chi connectivity index (χ3n) is 17.5. The Morgan fingerprint density at radius 3 is 1.05 bits per heavy atom. The summed E-state index contributed by atoms with van der Waals surface area (Å²) in [6, 6.07) is -0.831. The number of amides is 1. The lowest BCUT2D eigenvalue weighted by atomic mass is 9.99. The van der Waals surface area contributed by atoms with E-state index in [1.807, 2.05) is 6.08 Å². The van der Waals surface area contributed by atoms with Crippen molar-refractivity contribution in [1.29, 1.82) is 0 Å². The minimum atomic E-state index is -1.58. The number of carbonyl (C=O) groups excluding carboxylic acids is 1. The minimum Gasteiger partial charge on any atom is -0.394 e. The van der Waals surface area contributed by atoms with Gasteiger partial charge in [0, 0.05) is 6.42 Å². The van der Waals surface area contributed by atoms with Crippen LogP contribution in [0, 0.1) is 0 Å². The van der Waals surface area contributed by atoms with Gasteiger partial charge in [-0.3, -0.25) is 4.79 Å². The Labute approximate surface area is 560 Å². The van der Waals surface area contributed by atoms with Gasteiger partial charge in [0.25, 0.3) is 0 Å². The fourth-order valence-corrected chi connectivity index (χ4v) is 11.6. The molecule has 0 aromatic carbocycles. The zero-order chi connectivity index (χ0) is 65.7. The highest BCUT2D eigenvalue weighted by molar-refractivity contribution is 5.76. The average molecular weight is 1270 g/mol. The fraction of sp³-hybridized carbons (Fsp3) is 0.744. The first-order valence-corrected chi connectivity index (χ1v) is 38.3. The summed E-state index contributed by atoms with van der Waals surface area (Å²) in [6.07, 6.45) is 97.5. The Morgan fingerprint density at radius 1 is 0.385 bits per heavy atom. The first-order chi connectivity index (χ1) is 44.8. The molecule has 0 bridgehead atoms. The van der Waals surface area contributed by atoms with Crippen LogP contribution in [0.5, 0.6) is 0 Å². The van der Waals surface area contributed by atoms with E-state index in [2.05, 4.69) is 129 Å². The average Bonchev–Trinajstić information content (AvgIpc) is 1.33. The Kier molecular flexibility index (Phi) is 65.3. The summed E-state index contributed by atoms with van der Waals surface area (Å²) < 4.78 is 11.3. The van der Waals surface area contributed by atoms with E-state index in [9.17, 15) is 30.3 Å². The summed E-state index contributed by atoms with van der Waals surface area (Å²) in [7, 11) is 0. The molecule has 1 rings (SSSR count). The smallest absolute Gasteiger partial charge is 0.220 e. The highest BCUT2D eigenvalue weighted by Crippen LogP contribution is 2.23. The van der Waals surface area contributed by atoms with Gasteiger partial charge in [-0.2, -0.15) is 0 Å². The van der Waals surface area contributed by atoms with Gasteiger partial charge in [0.05, 0.1) is 25.4 Å². The molecule has 0 radical (unpaired) electrons. The molecule has 0 aliphatic carbocycles. The monoisotopic (exact) mass is 1270 g/mol. The molecule has 524 valence electrons. The lowest BCUT2D eigenvalue weighted by Crippen LogP contribution is -2.60. The van der Waals surface area contributed by atoms with Gasteiger partial charge in [0.1, 0.15) is 24.4 Å².